The predicted molar refractivity (Wildman–Crippen MR) is 106 cm³/mol. The summed E-state index contributed by atoms with van der Waals surface area (Å²) in [5, 5.41) is 12.5. The highest BCUT2D eigenvalue weighted by atomic mass is 19.1. The number of hydrazone groups is 1. The van der Waals surface area contributed by atoms with Crippen LogP contribution >= 0.6 is 0 Å². The van der Waals surface area contributed by atoms with E-state index in [0.717, 1.165) is 6.07 Å². The van der Waals surface area contributed by atoms with Gasteiger partial charge in [0.05, 0.1) is 36.1 Å². The Morgan fingerprint density at radius 1 is 1.20 bits per heavy atom. The summed E-state index contributed by atoms with van der Waals surface area (Å²) in [7, 11) is 1.31. The second-order valence-electron chi connectivity index (χ2n) is 6.18. The third-order valence-electron chi connectivity index (χ3n) is 4.33. The first-order chi connectivity index (χ1) is 14.4. The number of esters is 1. The molecule has 0 saturated heterocycles. The van der Waals surface area contributed by atoms with E-state index in [1.54, 1.807) is 43.3 Å². The van der Waals surface area contributed by atoms with Gasteiger partial charge in [-0.25, -0.2) is 14.6 Å². The number of carbonyl (C=O) groups excluding carboxylic acids is 2. The first-order valence-electron chi connectivity index (χ1n) is 8.75. The van der Waals surface area contributed by atoms with E-state index in [1.807, 2.05) is 0 Å². The van der Waals surface area contributed by atoms with Gasteiger partial charge in [0.2, 0.25) is 0 Å². The first-order valence-corrected chi connectivity index (χ1v) is 8.75. The van der Waals surface area contributed by atoms with Gasteiger partial charge >= 0.3 is 5.97 Å². The zero-order valence-electron chi connectivity index (χ0n) is 16.1. The molecular weight excluding hydrogens is 389 g/mol. The van der Waals surface area contributed by atoms with Crippen LogP contribution in [0, 0.1) is 24.1 Å². The molecule has 3 rings (SSSR count). The third kappa shape index (κ3) is 4.25. The molecule has 1 amide bonds. The Labute approximate surface area is 171 Å². The normalized spacial score (nSPS) is 10.6. The number of nitrogens with zero attached hydrogens (tertiary/aromatic N) is 2. The Kier molecular flexibility index (Phi) is 6.03. The summed E-state index contributed by atoms with van der Waals surface area (Å²) >= 11 is 0. The number of furan rings is 1. The minimum Gasteiger partial charge on any atom is -0.465 e. The molecule has 0 aliphatic carbocycles. The van der Waals surface area contributed by atoms with E-state index in [9.17, 15) is 14.0 Å². The molecule has 8 heteroatoms. The van der Waals surface area contributed by atoms with E-state index in [0.29, 0.717) is 28.2 Å². The topological polar surface area (TPSA) is 105 Å². The quantitative estimate of drug-likeness (QED) is 0.395. The van der Waals surface area contributed by atoms with Gasteiger partial charge in [-0.3, -0.25) is 4.79 Å². The van der Waals surface area contributed by atoms with Crippen molar-refractivity contribution in [1.29, 1.82) is 5.26 Å². The molecule has 3 aromatic rings. The molecule has 0 bridgehead atoms. The van der Waals surface area contributed by atoms with Crippen molar-refractivity contribution in [2.45, 2.75) is 6.92 Å². The lowest BCUT2D eigenvalue weighted by Crippen LogP contribution is -2.19. The monoisotopic (exact) mass is 405 g/mol. The SMILES string of the molecule is COC(=O)c1cccc(-c2ccc(/C=N\NC(=O)c3ccc(C#N)cc3F)o2)c1C. The number of hydrogen-bond donors (Lipinski definition) is 1. The molecule has 30 heavy (non-hydrogen) atoms. The average Bonchev–Trinajstić information content (AvgIpc) is 3.21. The molecule has 1 heterocycles. The molecule has 1 N–H and O–H groups in total. The van der Waals surface area contributed by atoms with Gasteiger partial charge in [0, 0.05) is 5.56 Å². The maximum absolute atomic E-state index is 13.9. The van der Waals surface area contributed by atoms with Gasteiger partial charge in [-0.05, 0) is 48.9 Å². The lowest BCUT2D eigenvalue weighted by molar-refractivity contribution is 0.0599. The first kappa shape index (κ1) is 20.5. The van der Waals surface area contributed by atoms with E-state index < -0.39 is 17.7 Å². The van der Waals surface area contributed by atoms with Gasteiger partial charge < -0.3 is 9.15 Å². The highest BCUT2D eigenvalue weighted by Gasteiger charge is 2.15. The van der Waals surface area contributed by atoms with E-state index in [-0.39, 0.29) is 11.1 Å². The summed E-state index contributed by atoms with van der Waals surface area (Å²) in [6, 6.07) is 13.8. The number of benzene rings is 2. The molecule has 0 fully saturated rings. The minimum absolute atomic E-state index is 0.113. The van der Waals surface area contributed by atoms with Crippen LogP contribution in [0.1, 0.15) is 37.6 Å². The predicted octanol–water partition coefficient (Wildman–Crippen LogP) is 3.82. The van der Waals surface area contributed by atoms with Crippen LogP contribution < -0.4 is 5.43 Å². The maximum atomic E-state index is 13.9. The molecule has 0 spiro atoms. The van der Waals surface area contributed by atoms with E-state index in [4.69, 9.17) is 14.4 Å². The number of halogens is 1. The molecule has 0 saturated carbocycles. The number of nitriles is 1. The van der Waals surface area contributed by atoms with Crippen LogP contribution in [-0.4, -0.2) is 25.2 Å². The number of hydrogen-bond acceptors (Lipinski definition) is 6. The average molecular weight is 405 g/mol. The molecule has 0 atom stereocenters. The second kappa shape index (κ2) is 8.84. The van der Waals surface area contributed by atoms with E-state index in [1.165, 1.54) is 25.5 Å². The van der Waals surface area contributed by atoms with Crippen LogP contribution in [-0.2, 0) is 4.74 Å². The van der Waals surface area contributed by atoms with Crippen LogP contribution in [0.15, 0.2) is 58.0 Å². The van der Waals surface area contributed by atoms with Gasteiger partial charge in [0.15, 0.2) is 0 Å². The van der Waals surface area contributed by atoms with Crippen molar-refractivity contribution in [3.05, 3.63) is 82.4 Å². The molecule has 7 nitrogen and oxygen atoms in total. The molecule has 1 aromatic heterocycles. The van der Waals surface area contributed by atoms with Crippen molar-refractivity contribution < 1.29 is 23.1 Å². The van der Waals surface area contributed by atoms with Crippen LogP contribution in [0.25, 0.3) is 11.3 Å². The Morgan fingerprint density at radius 3 is 2.70 bits per heavy atom. The lowest BCUT2D eigenvalue weighted by atomic mass is 10.0. The number of nitrogens with one attached hydrogen (secondary N) is 1. The summed E-state index contributed by atoms with van der Waals surface area (Å²) in [6.45, 7) is 1.78. The van der Waals surface area contributed by atoms with Crippen molar-refractivity contribution in [2.75, 3.05) is 7.11 Å². The molecule has 0 unspecified atom stereocenters. The van der Waals surface area contributed by atoms with Crippen LogP contribution in [0.5, 0.6) is 0 Å². The third-order valence-corrected chi connectivity index (χ3v) is 4.33. The summed E-state index contributed by atoms with van der Waals surface area (Å²) < 4.78 is 24.3. The fourth-order valence-corrected chi connectivity index (χ4v) is 2.78. The van der Waals surface area contributed by atoms with Crippen LogP contribution in [0.4, 0.5) is 4.39 Å². The summed E-state index contributed by atoms with van der Waals surface area (Å²) in [4.78, 5) is 23.9. The van der Waals surface area contributed by atoms with Crippen molar-refractivity contribution in [3.63, 3.8) is 0 Å². The van der Waals surface area contributed by atoms with Gasteiger partial charge in [0.25, 0.3) is 5.91 Å². The Balaban J connectivity index is 1.73. The highest BCUT2D eigenvalue weighted by Crippen LogP contribution is 2.27. The highest BCUT2D eigenvalue weighted by molar-refractivity contribution is 5.95. The molecule has 2 aromatic carbocycles. The molecular formula is C22H16FN3O4. The number of ether oxygens (including phenoxy) is 1. The van der Waals surface area contributed by atoms with Crippen molar-refractivity contribution in [2.24, 2.45) is 5.10 Å². The fourth-order valence-electron chi connectivity index (χ4n) is 2.78. The van der Waals surface area contributed by atoms with Crippen LogP contribution in [0.2, 0.25) is 0 Å². The lowest BCUT2D eigenvalue weighted by Gasteiger charge is -2.07. The fraction of sp³-hybridized carbons (Fsp3) is 0.0909. The summed E-state index contributed by atoms with van der Waals surface area (Å²) in [5.41, 5.74) is 3.92. The van der Waals surface area contributed by atoms with Gasteiger partial charge in [-0.15, -0.1) is 0 Å². The maximum Gasteiger partial charge on any atom is 0.338 e. The largest absolute Gasteiger partial charge is 0.465 e. The van der Waals surface area contributed by atoms with Crippen molar-refractivity contribution >= 4 is 18.1 Å². The molecule has 150 valence electrons. The van der Waals surface area contributed by atoms with Gasteiger partial charge in [-0.1, -0.05) is 12.1 Å². The molecule has 0 radical (unpaired) electrons. The van der Waals surface area contributed by atoms with E-state index >= 15 is 0 Å². The standard InChI is InChI=1S/C22H16FN3O4/c1-13-16(4-3-5-17(13)22(28)29-2)20-9-7-15(30-20)12-25-26-21(27)18-8-6-14(11-24)10-19(18)23/h3-10,12H,1-2H3,(H,26,27)/b25-12-. The van der Waals surface area contributed by atoms with Crippen molar-refractivity contribution in [3.8, 4) is 17.4 Å². The van der Waals surface area contributed by atoms with Gasteiger partial charge in [-0.2, -0.15) is 10.4 Å². The number of carbonyl (C=O) groups is 2. The van der Waals surface area contributed by atoms with E-state index in [2.05, 4.69) is 10.5 Å². The Hall–Kier alpha value is -4.25. The zero-order valence-corrected chi connectivity index (χ0v) is 16.1. The number of methoxy groups -OCH3 is 1. The summed E-state index contributed by atoms with van der Waals surface area (Å²) in [5.74, 6) is -1.18. The summed E-state index contributed by atoms with van der Waals surface area (Å²) in [6.07, 6.45) is 1.27. The Bertz CT molecular complexity index is 1190. The number of rotatable bonds is 5. The number of amides is 1. The Morgan fingerprint density at radius 2 is 2.00 bits per heavy atom. The molecule has 0 aliphatic heterocycles. The second-order valence-corrected chi connectivity index (χ2v) is 6.18. The van der Waals surface area contributed by atoms with Gasteiger partial charge in [0.1, 0.15) is 17.3 Å². The minimum atomic E-state index is -0.817. The zero-order chi connectivity index (χ0) is 21.7. The molecule has 0 aliphatic rings. The smallest absolute Gasteiger partial charge is 0.338 e. The van der Waals surface area contributed by atoms with Crippen molar-refractivity contribution in [1.82, 2.24) is 5.43 Å². The van der Waals surface area contributed by atoms with Crippen LogP contribution in [0.3, 0.4) is 0 Å².